The molecule has 1 saturated carbocycles. The zero-order valence-corrected chi connectivity index (χ0v) is 12.2. The molecule has 0 radical (unpaired) electrons. The molecule has 2 N–H and O–H groups in total. The van der Waals surface area contributed by atoms with Crippen LogP contribution in [-0.4, -0.2) is 25.8 Å². The van der Waals surface area contributed by atoms with Gasteiger partial charge in [-0.25, -0.2) is 12.7 Å². The summed E-state index contributed by atoms with van der Waals surface area (Å²) in [6.45, 7) is 3.56. The van der Waals surface area contributed by atoms with E-state index in [-0.39, 0.29) is 5.75 Å². The molecule has 0 amide bonds. The maximum absolute atomic E-state index is 12.4. The molecule has 1 fully saturated rings. The summed E-state index contributed by atoms with van der Waals surface area (Å²) in [7, 11) is -3.21. The van der Waals surface area contributed by atoms with Crippen LogP contribution in [0.2, 0.25) is 0 Å². The first-order valence-corrected chi connectivity index (χ1v) is 8.41. The normalized spacial score (nSPS) is 15.9. The van der Waals surface area contributed by atoms with Gasteiger partial charge in [0.1, 0.15) is 0 Å². The Kier molecular flexibility index (Phi) is 4.60. The molecule has 1 aromatic carbocycles. The van der Waals surface area contributed by atoms with Gasteiger partial charge in [0, 0.05) is 19.6 Å². The lowest BCUT2D eigenvalue weighted by atomic mass is 10.1. The van der Waals surface area contributed by atoms with E-state index < -0.39 is 10.0 Å². The Labute approximate surface area is 115 Å². The summed E-state index contributed by atoms with van der Waals surface area (Å²) in [4.78, 5) is 0. The van der Waals surface area contributed by atoms with Crippen LogP contribution in [-0.2, 0) is 22.3 Å². The number of benzene rings is 1. The van der Waals surface area contributed by atoms with Crippen LogP contribution >= 0.6 is 0 Å². The van der Waals surface area contributed by atoms with Crippen molar-refractivity contribution in [3.05, 3.63) is 35.4 Å². The molecule has 0 aliphatic heterocycles. The van der Waals surface area contributed by atoms with Crippen molar-refractivity contribution in [2.45, 2.75) is 32.1 Å². The lowest BCUT2D eigenvalue weighted by Gasteiger charge is -2.20. The number of hydrogen-bond donors (Lipinski definition) is 1. The summed E-state index contributed by atoms with van der Waals surface area (Å²) in [6.07, 6.45) is 2.32. The van der Waals surface area contributed by atoms with Crippen LogP contribution in [0.3, 0.4) is 0 Å². The van der Waals surface area contributed by atoms with Gasteiger partial charge in [0.2, 0.25) is 10.0 Å². The van der Waals surface area contributed by atoms with E-state index in [4.69, 9.17) is 5.73 Å². The Morgan fingerprint density at radius 1 is 1.32 bits per heavy atom. The highest BCUT2D eigenvalue weighted by atomic mass is 32.2. The maximum Gasteiger partial charge on any atom is 0.218 e. The molecule has 1 aromatic rings. The van der Waals surface area contributed by atoms with E-state index in [1.165, 1.54) is 0 Å². The third-order valence-electron chi connectivity index (χ3n) is 3.48. The van der Waals surface area contributed by atoms with Gasteiger partial charge in [-0.05, 0) is 29.9 Å². The molecular weight excluding hydrogens is 260 g/mol. The van der Waals surface area contributed by atoms with Crippen molar-refractivity contribution in [1.82, 2.24) is 4.31 Å². The quantitative estimate of drug-likeness (QED) is 0.828. The van der Waals surface area contributed by atoms with Crippen LogP contribution in [0.5, 0.6) is 0 Å². The molecule has 0 aromatic heterocycles. The SMILES string of the molecule is CCN(CC1CC1)S(=O)(=O)Cc1cccc(CN)c1. The van der Waals surface area contributed by atoms with Gasteiger partial charge < -0.3 is 5.73 Å². The largest absolute Gasteiger partial charge is 0.326 e. The molecular formula is C14H22N2O2S. The topological polar surface area (TPSA) is 63.4 Å². The second-order valence-corrected chi connectivity index (χ2v) is 7.14. The molecule has 0 heterocycles. The Morgan fingerprint density at radius 2 is 2.00 bits per heavy atom. The third kappa shape index (κ3) is 4.03. The summed E-state index contributed by atoms with van der Waals surface area (Å²) >= 11 is 0. The third-order valence-corrected chi connectivity index (χ3v) is 5.37. The minimum absolute atomic E-state index is 0.0708. The predicted molar refractivity (Wildman–Crippen MR) is 76.9 cm³/mol. The fourth-order valence-electron chi connectivity index (χ4n) is 2.18. The first kappa shape index (κ1) is 14.5. The molecule has 0 saturated heterocycles. The minimum atomic E-state index is -3.21. The van der Waals surface area contributed by atoms with E-state index >= 15 is 0 Å². The Hall–Kier alpha value is -0.910. The Balaban J connectivity index is 2.09. The number of nitrogens with two attached hydrogens (primary N) is 1. The highest BCUT2D eigenvalue weighted by Crippen LogP contribution is 2.30. The van der Waals surface area contributed by atoms with E-state index in [0.717, 1.165) is 24.0 Å². The number of sulfonamides is 1. The van der Waals surface area contributed by atoms with Crippen LogP contribution in [0, 0.1) is 5.92 Å². The maximum atomic E-state index is 12.4. The van der Waals surface area contributed by atoms with Gasteiger partial charge in [-0.1, -0.05) is 31.2 Å². The van der Waals surface area contributed by atoms with Crippen LogP contribution in [0.1, 0.15) is 30.9 Å². The first-order chi connectivity index (χ1) is 9.05. The standard InChI is InChI=1S/C14H22N2O2S/c1-2-16(10-12-6-7-12)19(17,18)11-14-5-3-4-13(8-14)9-15/h3-5,8,12H,2,6-7,9-11,15H2,1H3. The molecule has 106 valence electrons. The fraction of sp³-hybridized carbons (Fsp3) is 0.571. The van der Waals surface area contributed by atoms with Crippen LogP contribution in [0.25, 0.3) is 0 Å². The van der Waals surface area contributed by atoms with Crippen molar-refractivity contribution in [1.29, 1.82) is 0 Å². The minimum Gasteiger partial charge on any atom is -0.326 e. The average Bonchev–Trinajstić information content (AvgIpc) is 3.19. The summed E-state index contributed by atoms with van der Waals surface area (Å²) in [6, 6.07) is 7.51. The Morgan fingerprint density at radius 3 is 2.58 bits per heavy atom. The molecule has 0 unspecified atom stereocenters. The van der Waals surface area contributed by atoms with Crippen molar-refractivity contribution in [3.8, 4) is 0 Å². The molecule has 0 atom stereocenters. The molecule has 0 bridgehead atoms. The molecule has 5 heteroatoms. The highest BCUT2D eigenvalue weighted by Gasteiger charge is 2.29. The number of nitrogens with zero attached hydrogens (tertiary/aromatic N) is 1. The van der Waals surface area contributed by atoms with Gasteiger partial charge in [-0.3, -0.25) is 0 Å². The van der Waals surface area contributed by atoms with E-state index in [0.29, 0.717) is 25.6 Å². The second kappa shape index (κ2) is 6.03. The van der Waals surface area contributed by atoms with Gasteiger partial charge >= 0.3 is 0 Å². The zero-order chi connectivity index (χ0) is 13.9. The number of rotatable bonds is 7. The molecule has 4 nitrogen and oxygen atoms in total. The fourth-order valence-corrected chi connectivity index (χ4v) is 3.79. The first-order valence-electron chi connectivity index (χ1n) is 6.81. The number of hydrogen-bond acceptors (Lipinski definition) is 3. The summed E-state index contributed by atoms with van der Waals surface area (Å²) in [5.41, 5.74) is 7.37. The van der Waals surface area contributed by atoms with E-state index in [1.54, 1.807) is 4.31 Å². The van der Waals surface area contributed by atoms with Crippen molar-refractivity contribution >= 4 is 10.0 Å². The average molecular weight is 282 g/mol. The Bertz CT molecular complexity index is 524. The molecule has 1 aliphatic carbocycles. The van der Waals surface area contributed by atoms with Crippen molar-refractivity contribution in [3.63, 3.8) is 0 Å². The predicted octanol–water partition coefficient (Wildman–Crippen LogP) is 1.71. The summed E-state index contributed by atoms with van der Waals surface area (Å²) in [5, 5.41) is 0. The second-order valence-electron chi connectivity index (χ2n) is 5.17. The van der Waals surface area contributed by atoms with Crippen molar-refractivity contribution in [2.24, 2.45) is 11.7 Å². The van der Waals surface area contributed by atoms with Gasteiger partial charge in [-0.15, -0.1) is 0 Å². The van der Waals surface area contributed by atoms with Crippen LogP contribution < -0.4 is 5.73 Å². The monoisotopic (exact) mass is 282 g/mol. The lowest BCUT2D eigenvalue weighted by Crippen LogP contribution is -2.33. The summed E-state index contributed by atoms with van der Waals surface area (Å²) in [5.74, 6) is 0.645. The smallest absolute Gasteiger partial charge is 0.218 e. The van der Waals surface area contributed by atoms with Crippen LogP contribution in [0.4, 0.5) is 0 Å². The van der Waals surface area contributed by atoms with Crippen molar-refractivity contribution in [2.75, 3.05) is 13.1 Å². The van der Waals surface area contributed by atoms with E-state index in [9.17, 15) is 8.42 Å². The molecule has 1 aliphatic rings. The zero-order valence-electron chi connectivity index (χ0n) is 11.4. The van der Waals surface area contributed by atoms with Gasteiger partial charge in [0.05, 0.1) is 5.75 Å². The van der Waals surface area contributed by atoms with Gasteiger partial charge in [0.25, 0.3) is 0 Å². The van der Waals surface area contributed by atoms with E-state index in [1.807, 2.05) is 31.2 Å². The molecule has 2 rings (SSSR count). The van der Waals surface area contributed by atoms with E-state index in [2.05, 4.69) is 0 Å². The van der Waals surface area contributed by atoms with Crippen molar-refractivity contribution < 1.29 is 8.42 Å². The molecule has 19 heavy (non-hydrogen) atoms. The van der Waals surface area contributed by atoms with Gasteiger partial charge in [-0.2, -0.15) is 0 Å². The lowest BCUT2D eigenvalue weighted by molar-refractivity contribution is 0.411. The summed E-state index contributed by atoms with van der Waals surface area (Å²) < 4.78 is 26.4. The molecule has 0 spiro atoms. The van der Waals surface area contributed by atoms with Gasteiger partial charge in [0.15, 0.2) is 0 Å². The van der Waals surface area contributed by atoms with Crippen LogP contribution in [0.15, 0.2) is 24.3 Å². The highest BCUT2D eigenvalue weighted by molar-refractivity contribution is 7.88.